The molecule has 2 heterocycles. The van der Waals surface area contributed by atoms with Crippen molar-refractivity contribution in [3.8, 4) is 0 Å². The van der Waals surface area contributed by atoms with Gasteiger partial charge in [-0.05, 0) is 64.0 Å². The van der Waals surface area contributed by atoms with E-state index in [2.05, 4.69) is 0 Å². The molecule has 0 unspecified atom stereocenters. The van der Waals surface area contributed by atoms with Gasteiger partial charge in [-0.25, -0.2) is 4.79 Å². The summed E-state index contributed by atoms with van der Waals surface area (Å²) in [5, 5.41) is 50.5. The van der Waals surface area contributed by atoms with E-state index in [4.69, 9.17) is 14.2 Å². The third-order valence-corrected chi connectivity index (χ3v) is 6.34. The van der Waals surface area contributed by atoms with E-state index in [-0.39, 0.29) is 18.4 Å². The fourth-order valence-corrected chi connectivity index (χ4v) is 3.78. The number of carbonyl (C=O) groups is 1. The second-order valence-electron chi connectivity index (χ2n) is 9.20. The fourth-order valence-electron chi connectivity index (χ4n) is 3.78. The molecule has 0 aromatic carbocycles. The van der Waals surface area contributed by atoms with Crippen LogP contribution in [0.1, 0.15) is 53.4 Å². The summed E-state index contributed by atoms with van der Waals surface area (Å²) in [6.45, 7) is 6.73. The van der Waals surface area contributed by atoms with Gasteiger partial charge in [0.05, 0.1) is 18.3 Å². The van der Waals surface area contributed by atoms with E-state index in [1.807, 2.05) is 26.8 Å². The van der Waals surface area contributed by atoms with Crippen LogP contribution < -0.4 is 0 Å². The lowest BCUT2D eigenvalue weighted by molar-refractivity contribution is -0.309. The molecule has 9 atom stereocenters. The zero-order chi connectivity index (χ0) is 24.1. The first-order valence-electron chi connectivity index (χ1n) is 11.2. The van der Waals surface area contributed by atoms with Crippen molar-refractivity contribution in [1.82, 2.24) is 0 Å². The highest BCUT2D eigenvalue weighted by atomic mass is 16.7. The smallest absolute Gasteiger partial charge is 0.330 e. The summed E-state index contributed by atoms with van der Waals surface area (Å²) in [6, 6.07) is 0. The maximum absolute atomic E-state index is 12.1. The molecule has 0 aromatic heterocycles. The number of hydrogen-bond donors (Lipinski definition) is 5. The number of rotatable bonds is 3. The van der Waals surface area contributed by atoms with Crippen LogP contribution in [0.25, 0.3) is 0 Å². The molecule has 32 heavy (non-hydrogen) atoms. The molecule has 1 fully saturated rings. The third-order valence-electron chi connectivity index (χ3n) is 6.34. The maximum atomic E-state index is 12.1. The second-order valence-corrected chi connectivity index (χ2v) is 9.20. The van der Waals surface area contributed by atoms with E-state index in [1.54, 1.807) is 6.92 Å². The quantitative estimate of drug-likeness (QED) is 0.302. The molecular weight excluding hydrogens is 420 g/mol. The van der Waals surface area contributed by atoms with Crippen molar-refractivity contribution < 1.29 is 44.5 Å². The number of carbonyl (C=O) groups excluding carboxylic acids is 1. The Morgan fingerprint density at radius 1 is 1.16 bits per heavy atom. The SMILES string of the molecule is C/C1=C\CC[C@H](C)[C@@H](C)OC(=O)/C=C/[C@](C)(O)CC[C@@H]1O[C@H]1O[C@H](CO)[C@@H](O)[C@H](O)[C@H]1O. The fraction of sp³-hybridized carbons (Fsp3) is 0.783. The molecule has 0 amide bonds. The minimum absolute atomic E-state index is 0.115. The van der Waals surface area contributed by atoms with Gasteiger partial charge in [0.15, 0.2) is 6.29 Å². The Morgan fingerprint density at radius 3 is 2.50 bits per heavy atom. The van der Waals surface area contributed by atoms with Gasteiger partial charge in [0.1, 0.15) is 30.5 Å². The van der Waals surface area contributed by atoms with Crippen LogP contribution in [0.5, 0.6) is 0 Å². The number of esters is 1. The number of ether oxygens (including phenoxy) is 3. The van der Waals surface area contributed by atoms with Crippen molar-refractivity contribution >= 4 is 5.97 Å². The standard InChI is InChI=1S/C23H38O9/c1-13-6-5-7-14(2)16(8-10-23(4,29)11-9-18(25)30-15(13)3)31-22-21(28)20(27)19(26)17(12-24)32-22/h7,9,11,13,15-17,19-22,24,26-29H,5-6,8,10,12H2,1-4H3/b11-9+,14-7+/t13-,15+,16-,17+,19+,20-,21+,22-,23+/m0/s1. The van der Waals surface area contributed by atoms with Crippen molar-refractivity contribution in [3.05, 3.63) is 23.8 Å². The number of aliphatic hydroxyl groups is 5. The van der Waals surface area contributed by atoms with Gasteiger partial charge in [-0.2, -0.15) is 0 Å². The normalized spacial score (nSPS) is 45.3. The average Bonchev–Trinajstić information content (AvgIpc) is 2.74. The van der Waals surface area contributed by atoms with Crippen molar-refractivity contribution in [2.45, 2.75) is 102 Å². The lowest BCUT2D eigenvalue weighted by atomic mass is 9.93. The van der Waals surface area contributed by atoms with Gasteiger partial charge < -0.3 is 39.7 Å². The molecule has 5 N–H and O–H groups in total. The maximum Gasteiger partial charge on any atom is 0.330 e. The highest BCUT2D eigenvalue weighted by Crippen LogP contribution is 2.28. The zero-order valence-electron chi connectivity index (χ0n) is 19.3. The molecule has 2 aliphatic heterocycles. The zero-order valence-corrected chi connectivity index (χ0v) is 19.3. The molecule has 9 nitrogen and oxygen atoms in total. The molecule has 2 aliphatic rings. The topological polar surface area (TPSA) is 146 Å². The van der Waals surface area contributed by atoms with E-state index in [9.17, 15) is 30.3 Å². The van der Waals surface area contributed by atoms with Crippen LogP contribution in [0.4, 0.5) is 0 Å². The van der Waals surface area contributed by atoms with Crippen molar-refractivity contribution in [3.63, 3.8) is 0 Å². The first-order chi connectivity index (χ1) is 14.9. The first kappa shape index (κ1) is 26.9. The highest BCUT2D eigenvalue weighted by Gasteiger charge is 2.45. The van der Waals surface area contributed by atoms with E-state index < -0.39 is 55.0 Å². The lowest BCUT2D eigenvalue weighted by Gasteiger charge is -2.41. The van der Waals surface area contributed by atoms with E-state index >= 15 is 0 Å². The molecule has 0 radical (unpaired) electrons. The first-order valence-corrected chi connectivity index (χ1v) is 11.2. The van der Waals surface area contributed by atoms with E-state index in [0.29, 0.717) is 12.8 Å². The molecule has 0 saturated carbocycles. The Morgan fingerprint density at radius 2 is 1.84 bits per heavy atom. The van der Waals surface area contributed by atoms with Gasteiger partial charge in [-0.3, -0.25) is 0 Å². The van der Waals surface area contributed by atoms with Crippen LogP contribution in [0.3, 0.4) is 0 Å². The number of allylic oxidation sites excluding steroid dienone is 1. The Labute approximate surface area is 189 Å². The Kier molecular flexibility index (Phi) is 9.84. The van der Waals surface area contributed by atoms with Gasteiger partial charge in [-0.1, -0.05) is 13.0 Å². The molecule has 0 bridgehead atoms. The predicted molar refractivity (Wildman–Crippen MR) is 115 cm³/mol. The van der Waals surface area contributed by atoms with E-state index in [0.717, 1.165) is 12.0 Å². The molecule has 0 spiro atoms. The van der Waals surface area contributed by atoms with E-state index in [1.165, 1.54) is 12.2 Å². The van der Waals surface area contributed by atoms with Gasteiger partial charge in [-0.15, -0.1) is 0 Å². The molecule has 9 heteroatoms. The van der Waals surface area contributed by atoms with Crippen LogP contribution in [0, 0.1) is 5.92 Å². The van der Waals surface area contributed by atoms with Crippen molar-refractivity contribution in [1.29, 1.82) is 0 Å². The second kappa shape index (κ2) is 11.7. The number of hydrogen-bond acceptors (Lipinski definition) is 9. The van der Waals surface area contributed by atoms with Crippen LogP contribution in [-0.2, 0) is 19.0 Å². The van der Waals surface area contributed by atoms with Gasteiger partial charge in [0, 0.05) is 6.08 Å². The molecular formula is C23H38O9. The van der Waals surface area contributed by atoms with Gasteiger partial charge in [0.25, 0.3) is 0 Å². The largest absolute Gasteiger partial charge is 0.459 e. The lowest BCUT2D eigenvalue weighted by Crippen LogP contribution is -2.59. The Bertz CT molecular complexity index is 672. The Hall–Kier alpha value is -1.33. The summed E-state index contributed by atoms with van der Waals surface area (Å²) < 4.78 is 16.9. The molecule has 1 saturated heterocycles. The summed E-state index contributed by atoms with van der Waals surface area (Å²) in [4.78, 5) is 12.1. The molecule has 2 rings (SSSR count). The van der Waals surface area contributed by atoms with Crippen LogP contribution in [0.15, 0.2) is 23.8 Å². The van der Waals surface area contributed by atoms with Gasteiger partial charge in [0.2, 0.25) is 0 Å². The summed E-state index contributed by atoms with van der Waals surface area (Å²) in [7, 11) is 0. The molecule has 0 aliphatic carbocycles. The minimum atomic E-state index is -1.53. The van der Waals surface area contributed by atoms with Crippen LogP contribution in [-0.4, -0.2) is 86.6 Å². The third kappa shape index (κ3) is 7.34. The van der Waals surface area contributed by atoms with Crippen molar-refractivity contribution in [2.75, 3.05) is 6.61 Å². The minimum Gasteiger partial charge on any atom is -0.459 e. The predicted octanol–water partition coefficient (Wildman–Crippen LogP) is 0.567. The van der Waals surface area contributed by atoms with Crippen LogP contribution >= 0.6 is 0 Å². The monoisotopic (exact) mass is 458 g/mol. The van der Waals surface area contributed by atoms with Gasteiger partial charge >= 0.3 is 5.97 Å². The molecule has 0 aromatic rings. The highest BCUT2D eigenvalue weighted by molar-refractivity contribution is 5.82. The summed E-state index contributed by atoms with van der Waals surface area (Å²) in [5.41, 5.74) is -0.453. The van der Waals surface area contributed by atoms with Crippen LogP contribution in [0.2, 0.25) is 0 Å². The summed E-state index contributed by atoms with van der Waals surface area (Å²) >= 11 is 0. The Balaban J connectivity index is 2.23. The molecule has 184 valence electrons. The summed E-state index contributed by atoms with van der Waals surface area (Å²) in [6.07, 6.45) is -1.05. The number of aliphatic hydroxyl groups excluding tert-OH is 4. The average molecular weight is 459 g/mol. The van der Waals surface area contributed by atoms with Crippen molar-refractivity contribution in [2.24, 2.45) is 5.92 Å². The summed E-state index contributed by atoms with van der Waals surface area (Å²) in [5.74, 6) is -0.396. The number of cyclic esters (lactones) is 1.